The van der Waals surface area contributed by atoms with Crippen molar-refractivity contribution in [2.75, 3.05) is 33.3 Å². The number of carbonyl (C=O) groups excluding carboxylic acids is 1. The van der Waals surface area contributed by atoms with Gasteiger partial charge < -0.3 is 24.3 Å². The first kappa shape index (κ1) is 19.2. The van der Waals surface area contributed by atoms with E-state index in [1.54, 1.807) is 19.1 Å². The van der Waals surface area contributed by atoms with Crippen LogP contribution in [0.3, 0.4) is 0 Å². The number of fused-ring (bicyclic) bond motifs is 1. The molecule has 0 fully saturated rings. The third-order valence-electron chi connectivity index (χ3n) is 4.30. The number of tetrazole rings is 1. The Morgan fingerprint density at radius 2 is 1.89 bits per heavy atom. The number of rotatable bonds is 7. The number of hydrogen-bond donors (Lipinski definition) is 1. The lowest BCUT2D eigenvalue weighted by Gasteiger charge is -2.28. The minimum absolute atomic E-state index is 0.0772. The van der Waals surface area contributed by atoms with Crippen molar-refractivity contribution in [2.24, 2.45) is 0 Å². The molecule has 10 nitrogen and oxygen atoms in total. The highest BCUT2D eigenvalue weighted by atomic mass is 16.5. The molecule has 3 rings (SSSR count). The summed E-state index contributed by atoms with van der Waals surface area (Å²) >= 11 is 0. The van der Waals surface area contributed by atoms with E-state index in [2.05, 4.69) is 27.4 Å². The first-order valence-corrected chi connectivity index (χ1v) is 8.39. The van der Waals surface area contributed by atoms with Gasteiger partial charge in [0.15, 0.2) is 11.5 Å². The molecule has 1 aliphatic heterocycles. The second kappa shape index (κ2) is 7.99. The maximum Gasteiger partial charge on any atom is 0.338 e. The maximum atomic E-state index is 12.8. The molecular weight excluding hydrogens is 366 g/mol. The molecule has 1 aromatic heterocycles. The fraction of sp³-hybridized carbons (Fsp3) is 0.333. The van der Waals surface area contributed by atoms with E-state index in [1.165, 1.54) is 32.1 Å². The van der Waals surface area contributed by atoms with Crippen molar-refractivity contribution < 1.29 is 23.7 Å². The van der Waals surface area contributed by atoms with Crippen LogP contribution in [0.2, 0.25) is 0 Å². The van der Waals surface area contributed by atoms with Gasteiger partial charge >= 0.3 is 5.97 Å². The number of carbonyl (C=O) groups is 1. The number of benzene rings is 1. The Bertz CT molecular complexity index is 936. The van der Waals surface area contributed by atoms with E-state index < -0.39 is 12.0 Å². The van der Waals surface area contributed by atoms with Crippen LogP contribution in [0.1, 0.15) is 18.5 Å². The lowest BCUT2D eigenvalue weighted by atomic mass is 9.94. The van der Waals surface area contributed by atoms with Crippen molar-refractivity contribution in [3.05, 3.63) is 41.6 Å². The first-order valence-electron chi connectivity index (χ1n) is 8.39. The number of aromatic nitrogens is 4. The largest absolute Gasteiger partial charge is 0.496 e. The third-order valence-corrected chi connectivity index (χ3v) is 4.30. The van der Waals surface area contributed by atoms with Gasteiger partial charge in [-0.15, -0.1) is 0 Å². The molecule has 1 atom stereocenters. The number of ether oxygens (including phenoxy) is 4. The van der Waals surface area contributed by atoms with Gasteiger partial charge in [-0.1, -0.05) is 17.8 Å². The molecule has 0 amide bonds. The molecule has 0 aliphatic carbocycles. The highest BCUT2D eigenvalue weighted by molar-refractivity contribution is 5.92. The van der Waals surface area contributed by atoms with Gasteiger partial charge in [-0.25, -0.2) is 4.79 Å². The van der Waals surface area contributed by atoms with Crippen LogP contribution in [-0.4, -0.2) is 54.1 Å². The van der Waals surface area contributed by atoms with Gasteiger partial charge in [-0.05, 0) is 23.4 Å². The van der Waals surface area contributed by atoms with Crippen molar-refractivity contribution in [1.29, 1.82) is 0 Å². The quantitative estimate of drug-likeness (QED) is 0.561. The Morgan fingerprint density at radius 3 is 2.54 bits per heavy atom. The van der Waals surface area contributed by atoms with Crippen molar-refractivity contribution in [3.63, 3.8) is 0 Å². The third kappa shape index (κ3) is 3.24. The van der Waals surface area contributed by atoms with E-state index in [0.717, 1.165) is 0 Å². The molecule has 0 spiro atoms. The lowest BCUT2D eigenvalue weighted by Crippen LogP contribution is -2.30. The predicted octanol–water partition coefficient (Wildman–Crippen LogP) is 1.72. The van der Waals surface area contributed by atoms with E-state index in [9.17, 15) is 4.79 Å². The van der Waals surface area contributed by atoms with Crippen LogP contribution in [0.15, 0.2) is 36.1 Å². The highest BCUT2D eigenvalue weighted by Gasteiger charge is 2.37. The lowest BCUT2D eigenvalue weighted by molar-refractivity contribution is -0.138. The summed E-state index contributed by atoms with van der Waals surface area (Å²) in [6, 6.07) is 2.72. The van der Waals surface area contributed by atoms with E-state index in [1.807, 2.05) is 0 Å². The van der Waals surface area contributed by atoms with Gasteiger partial charge in [0.05, 0.1) is 26.9 Å². The summed E-state index contributed by atoms with van der Waals surface area (Å²) in [5, 5.41) is 14.7. The van der Waals surface area contributed by atoms with Gasteiger partial charge in [0.1, 0.15) is 18.4 Å². The van der Waals surface area contributed by atoms with Gasteiger partial charge in [0.25, 0.3) is 0 Å². The average molecular weight is 387 g/mol. The Kier molecular flexibility index (Phi) is 5.48. The first-order chi connectivity index (χ1) is 13.5. The summed E-state index contributed by atoms with van der Waals surface area (Å²) in [6.45, 7) is 5.40. The van der Waals surface area contributed by atoms with Crippen LogP contribution in [0.4, 0.5) is 5.95 Å². The molecule has 28 heavy (non-hydrogen) atoms. The SMILES string of the molecule is C=CCOC(=O)C1=C(C)Nc2nnnn2[C@H]1c1cc(OC)c(OC)cc1OC. The molecule has 10 heteroatoms. The summed E-state index contributed by atoms with van der Waals surface area (Å²) < 4.78 is 23.1. The smallest absolute Gasteiger partial charge is 0.338 e. The number of esters is 1. The molecule has 2 aromatic rings. The minimum atomic E-state index is -0.696. The van der Waals surface area contributed by atoms with Crippen LogP contribution < -0.4 is 19.5 Å². The summed E-state index contributed by atoms with van der Waals surface area (Å²) in [4.78, 5) is 12.8. The zero-order chi connectivity index (χ0) is 20.3. The Balaban J connectivity index is 2.21. The highest BCUT2D eigenvalue weighted by Crippen LogP contribution is 2.43. The van der Waals surface area contributed by atoms with E-state index in [-0.39, 0.29) is 6.61 Å². The molecule has 0 bridgehead atoms. The number of hydrogen-bond acceptors (Lipinski definition) is 9. The van der Waals surface area contributed by atoms with Crippen LogP contribution >= 0.6 is 0 Å². The van der Waals surface area contributed by atoms with Crippen LogP contribution in [0.5, 0.6) is 17.2 Å². The normalized spacial score (nSPS) is 15.4. The van der Waals surface area contributed by atoms with Gasteiger partial charge in [-0.3, -0.25) is 0 Å². The minimum Gasteiger partial charge on any atom is -0.496 e. The van der Waals surface area contributed by atoms with Crippen molar-refractivity contribution >= 4 is 11.9 Å². The summed E-state index contributed by atoms with van der Waals surface area (Å²) in [5.74, 6) is 1.31. The number of nitrogens with one attached hydrogen (secondary N) is 1. The fourth-order valence-electron chi connectivity index (χ4n) is 3.04. The maximum absolute atomic E-state index is 12.8. The van der Waals surface area contributed by atoms with Crippen LogP contribution in [0, 0.1) is 0 Å². The predicted molar refractivity (Wildman–Crippen MR) is 99.5 cm³/mol. The molecule has 1 aliphatic rings. The average Bonchev–Trinajstić information content (AvgIpc) is 3.17. The van der Waals surface area contributed by atoms with E-state index in [0.29, 0.717) is 40.0 Å². The molecule has 1 aromatic carbocycles. The van der Waals surface area contributed by atoms with Gasteiger partial charge in [-0.2, -0.15) is 4.68 Å². The standard InChI is InChI=1S/C18H21N5O5/c1-6-7-28-17(24)15-10(2)19-18-20-21-22-23(18)16(15)11-8-13(26-4)14(27-5)9-12(11)25-3/h6,8-9,16H,1,7H2,2-5H3,(H,19,20,22)/t16-/m0/s1. The number of nitrogens with zero attached hydrogens (tertiary/aromatic N) is 4. The molecule has 0 saturated carbocycles. The van der Waals surface area contributed by atoms with Crippen molar-refractivity contribution in [3.8, 4) is 17.2 Å². The van der Waals surface area contributed by atoms with E-state index in [4.69, 9.17) is 18.9 Å². The van der Waals surface area contributed by atoms with Gasteiger partial charge in [0.2, 0.25) is 5.95 Å². The van der Waals surface area contributed by atoms with Crippen LogP contribution in [0.25, 0.3) is 0 Å². The number of methoxy groups -OCH3 is 3. The fourth-order valence-corrected chi connectivity index (χ4v) is 3.04. The zero-order valence-corrected chi connectivity index (χ0v) is 16.1. The van der Waals surface area contributed by atoms with Crippen molar-refractivity contribution in [2.45, 2.75) is 13.0 Å². The Morgan fingerprint density at radius 1 is 1.21 bits per heavy atom. The topological polar surface area (TPSA) is 110 Å². The summed E-state index contributed by atoms with van der Waals surface area (Å²) in [6.07, 6.45) is 1.50. The molecule has 0 unspecified atom stereocenters. The van der Waals surface area contributed by atoms with Crippen molar-refractivity contribution in [1.82, 2.24) is 20.2 Å². The Hall–Kier alpha value is -3.56. The molecule has 0 radical (unpaired) electrons. The summed E-state index contributed by atoms with van der Waals surface area (Å²) in [7, 11) is 4.58. The van der Waals surface area contributed by atoms with E-state index >= 15 is 0 Å². The van der Waals surface area contributed by atoms with Crippen LogP contribution in [-0.2, 0) is 9.53 Å². The summed E-state index contributed by atoms with van der Waals surface area (Å²) in [5.41, 5.74) is 1.52. The molecule has 0 saturated heterocycles. The van der Waals surface area contributed by atoms with Gasteiger partial charge in [0, 0.05) is 17.3 Å². The Labute approximate surface area is 161 Å². The molecule has 2 heterocycles. The number of allylic oxidation sites excluding steroid dienone is 1. The molecule has 148 valence electrons. The molecule has 1 N–H and O–H groups in total. The second-order valence-corrected chi connectivity index (χ2v) is 5.85. The zero-order valence-electron chi connectivity index (χ0n) is 16.1. The number of anilines is 1. The molecular formula is C18H21N5O5. The second-order valence-electron chi connectivity index (χ2n) is 5.85. The monoisotopic (exact) mass is 387 g/mol.